The number of benzene rings is 2. The van der Waals surface area contributed by atoms with Crippen LogP contribution in [0, 0.1) is 16.5 Å². The van der Waals surface area contributed by atoms with Crippen LogP contribution in [-0.4, -0.2) is 45.8 Å². The number of rotatable bonds is 6. The Morgan fingerprint density at radius 2 is 1.82 bits per heavy atom. The smallest absolute Gasteiger partial charge is 0.262 e. The molecule has 1 fully saturated rings. The number of fused-ring (bicyclic) bond motifs is 1. The van der Waals surface area contributed by atoms with Crippen molar-refractivity contribution in [3.8, 4) is 0 Å². The number of hydrogen-bond acceptors (Lipinski definition) is 5. The summed E-state index contributed by atoms with van der Waals surface area (Å²) in [5.41, 5.74) is 1.54. The van der Waals surface area contributed by atoms with Crippen molar-refractivity contribution in [2.45, 2.75) is 26.3 Å². The predicted molar refractivity (Wildman–Crippen MR) is 128 cm³/mol. The van der Waals surface area contributed by atoms with Crippen molar-refractivity contribution in [2.24, 2.45) is 5.92 Å². The Morgan fingerprint density at radius 1 is 1.12 bits per heavy atom. The van der Waals surface area contributed by atoms with Crippen LogP contribution in [0.15, 0.2) is 47.3 Å². The number of piperidine rings is 1. The summed E-state index contributed by atoms with van der Waals surface area (Å²) in [7, 11) is 0. The topological polar surface area (TPSA) is 87.2 Å². The number of amides is 1. The van der Waals surface area contributed by atoms with Crippen LogP contribution in [0.25, 0.3) is 10.9 Å². The van der Waals surface area contributed by atoms with E-state index in [9.17, 15) is 18.8 Å². The van der Waals surface area contributed by atoms with Crippen molar-refractivity contribution < 1.29 is 14.0 Å². The molecular formula is C24H25FN4O3S. The van der Waals surface area contributed by atoms with Crippen molar-refractivity contribution in [1.29, 1.82) is 0 Å². The average Bonchev–Trinajstić information content (AvgIpc) is 2.79. The van der Waals surface area contributed by atoms with E-state index in [1.165, 1.54) is 31.2 Å². The first-order valence-electron chi connectivity index (χ1n) is 10.9. The van der Waals surface area contributed by atoms with Gasteiger partial charge < -0.3 is 15.2 Å². The maximum absolute atomic E-state index is 13.1. The van der Waals surface area contributed by atoms with Gasteiger partial charge in [0.25, 0.3) is 5.56 Å². The minimum Gasteiger partial charge on any atom is -0.331 e. The molecule has 3 aromatic rings. The first-order chi connectivity index (χ1) is 15.8. The number of hydrogen-bond donors (Lipinski definition) is 2. The van der Waals surface area contributed by atoms with Gasteiger partial charge in [0, 0.05) is 37.2 Å². The van der Waals surface area contributed by atoms with Crippen LogP contribution in [-0.2, 0) is 11.3 Å². The summed E-state index contributed by atoms with van der Waals surface area (Å²) in [6.45, 7) is 4.00. The number of carbonyl (C=O) groups excluding carboxylic acids is 2. The lowest BCUT2D eigenvalue weighted by Gasteiger charge is -2.31. The molecular weight excluding hydrogens is 443 g/mol. The highest BCUT2D eigenvalue weighted by Crippen LogP contribution is 2.22. The quantitative estimate of drug-likeness (QED) is 0.425. The highest BCUT2D eigenvalue weighted by Gasteiger charge is 2.25. The van der Waals surface area contributed by atoms with Crippen molar-refractivity contribution in [1.82, 2.24) is 14.5 Å². The Labute approximate surface area is 195 Å². The molecule has 0 spiro atoms. The van der Waals surface area contributed by atoms with Gasteiger partial charge >= 0.3 is 0 Å². The van der Waals surface area contributed by atoms with Gasteiger partial charge in [0.15, 0.2) is 10.6 Å². The highest BCUT2D eigenvalue weighted by atomic mass is 32.1. The number of aromatic amines is 1. The first-order valence-corrected chi connectivity index (χ1v) is 11.3. The van der Waals surface area contributed by atoms with Crippen molar-refractivity contribution in [2.75, 3.05) is 25.0 Å². The fourth-order valence-electron chi connectivity index (χ4n) is 4.25. The molecule has 0 bridgehead atoms. The van der Waals surface area contributed by atoms with Crippen LogP contribution >= 0.6 is 12.2 Å². The molecule has 0 atom stereocenters. The van der Waals surface area contributed by atoms with Gasteiger partial charge in [0.05, 0.1) is 10.9 Å². The summed E-state index contributed by atoms with van der Waals surface area (Å²) in [6, 6.07) is 10.8. The van der Waals surface area contributed by atoms with Crippen molar-refractivity contribution in [3.05, 3.63) is 69.0 Å². The SMILES string of the molecule is CC(=O)Nc1ccc2c(=O)n(CCN3CCC(C(=O)c4ccc(F)cc4)CC3)c(=S)[nH]c2c1. The summed E-state index contributed by atoms with van der Waals surface area (Å²) in [5.74, 6) is -0.557. The molecule has 0 unspecified atom stereocenters. The van der Waals surface area contributed by atoms with E-state index in [1.807, 2.05) is 0 Å². The Kier molecular flexibility index (Phi) is 6.80. The number of likely N-dealkylation sites (tertiary alicyclic amines) is 1. The number of carbonyl (C=O) groups is 2. The van der Waals surface area contributed by atoms with Gasteiger partial charge in [-0.25, -0.2) is 4.39 Å². The third-order valence-corrected chi connectivity index (χ3v) is 6.35. The molecule has 172 valence electrons. The lowest BCUT2D eigenvalue weighted by atomic mass is 9.89. The lowest BCUT2D eigenvalue weighted by Crippen LogP contribution is -2.39. The number of Topliss-reactive ketones (excluding diaryl/α,β-unsaturated/α-hetero) is 1. The molecule has 2 heterocycles. The molecule has 2 aromatic carbocycles. The van der Waals surface area contributed by atoms with Gasteiger partial charge in [0.1, 0.15) is 5.82 Å². The van der Waals surface area contributed by atoms with E-state index in [4.69, 9.17) is 12.2 Å². The number of nitrogens with zero attached hydrogens (tertiary/aromatic N) is 2. The Balaban J connectivity index is 1.39. The largest absolute Gasteiger partial charge is 0.331 e. The van der Waals surface area contributed by atoms with Crippen LogP contribution in [0.1, 0.15) is 30.1 Å². The van der Waals surface area contributed by atoms with Crippen LogP contribution in [0.5, 0.6) is 0 Å². The molecule has 7 nitrogen and oxygen atoms in total. The van der Waals surface area contributed by atoms with Crippen molar-refractivity contribution >= 4 is 40.5 Å². The molecule has 1 aliphatic heterocycles. The van der Waals surface area contributed by atoms with Crippen LogP contribution in [0.3, 0.4) is 0 Å². The lowest BCUT2D eigenvalue weighted by molar-refractivity contribution is -0.114. The second kappa shape index (κ2) is 9.76. The Morgan fingerprint density at radius 3 is 2.48 bits per heavy atom. The normalized spacial score (nSPS) is 15.0. The number of H-pyrrole nitrogens is 1. The number of nitrogens with one attached hydrogen (secondary N) is 2. The molecule has 0 aliphatic carbocycles. The predicted octanol–water partition coefficient (Wildman–Crippen LogP) is 3.75. The second-order valence-corrected chi connectivity index (χ2v) is 8.70. The molecule has 4 rings (SSSR count). The fourth-order valence-corrected chi connectivity index (χ4v) is 4.53. The summed E-state index contributed by atoms with van der Waals surface area (Å²) in [6.07, 6.45) is 1.45. The zero-order valence-corrected chi connectivity index (χ0v) is 19.1. The molecule has 9 heteroatoms. The number of aromatic nitrogens is 2. The highest BCUT2D eigenvalue weighted by molar-refractivity contribution is 7.71. The van der Waals surface area contributed by atoms with Gasteiger partial charge in [-0.1, -0.05) is 0 Å². The van der Waals surface area contributed by atoms with E-state index in [0.29, 0.717) is 40.0 Å². The molecule has 33 heavy (non-hydrogen) atoms. The molecule has 2 N–H and O–H groups in total. The summed E-state index contributed by atoms with van der Waals surface area (Å²) >= 11 is 5.41. The Hall–Kier alpha value is -3.17. The maximum Gasteiger partial charge on any atom is 0.262 e. The van der Waals surface area contributed by atoms with Crippen molar-refractivity contribution in [3.63, 3.8) is 0 Å². The van der Waals surface area contributed by atoms with Gasteiger partial charge in [-0.3, -0.25) is 19.0 Å². The van der Waals surface area contributed by atoms with Gasteiger partial charge in [0.2, 0.25) is 5.91 Å². The van der Waals surface area contributed by atoms with E-state index in [1.54, 1.807) is 22.8 Å². The zero-order valence-electron chi connectivity index (χ0n) is 18.3. The second-order valence-electron chi connectivity index (χ2n) is 8.32. The minimum absolute atomic E-state index is 0.0569. The number of ketones is 1. The average molecular weight is 469 g/mol. The molecule has 0 saturated carbocycles. The monoisotopic (exact) mass is 468 g/mol. The van der Waals surface area contributed by atoms with Gasteiger partial charge in [-0.05, 0) is 80.6 Å². The summed E-state index contributed by atoms with van der Waals surface area (Å²) in [4.78, 5) is 42.2. The molecule has 1 aliphatic rings. The zero-order chi connectivity index (χ0) is 23.5. The van der Waals surface area contributed by atoms with Gasteiger partial charge in [-0.15, -0.1) is 0 Å². The number of halogens is 1. The van der Waals surface area contributed by atoms with Crippen LogP contribution < -0.4 is 10.9 Å². The van der Waals surface area contributed by atoms with E-state index < -0.39 is 0 Å². The summed E-state index contributed by atoms with van der Waals surface area (Å²) in [5, 5.41) is 3.20. The maximum atomic E-state index is 13.1. The van der Waals surface area contributed by atoms with E-state index in [2.05, 4.69) is 15.2 Å². The van der Waals surface area contributed by atoms with E-state index in [-0.39, 0.29) is 29.0 Å². The standard InChI is InChI=1S/C24H25FN4O3S/c1-15(30)26-19-6-7-20-21(14-19)27-24(33)29(23(20)32)13-12-28-10-8-17(9-11-28)22(31)16-2-4-18(25)5-3-16/h2-7,14,17H,8-13H2,1H3,(H,26,30)(H,27,33). The van der Waals surface area contributed by atoms with Gasteiger partial charge in [-0.2, -0.15) is 0 Å². The molecule has 1 amide bonds. The van der Waals surface area contributed by atoms with E-state index in [0.717, 1.165) is 25.9 Å². The minimum atomic E-state index is -0.350. The molecule has 1 aromatic heterocycles. The van der Waals surface area contributed by atoms with E-state index >= 15 is 0 Å². The summed E-state index contributed by atoms with van der Waals surface area (Å²) < 4.78 is 15.0. The molecule has 1 saturated heterocycles. The van der Waals surface area contributed by atoms with Crippen LogP contribution in [0.4, 0.5) is 10.1 Å². The van der Waals surface area contributed by atoms with Crippen LogP contribution in [0.2, 0.25) is 0 Å². The molecule has 0 radical (unpaired) electrons. The fraction of sp³-hybridized carbons (Fsp3) is 0.333. The third-order valence-electron chi connectivity index (χ3n) is 6.03. The number of anilines is 1. The third kappa shape index (κ3) is 5.26. The first kappa shape index (κ1) is 23.0. The Bertz CT molecular complexity index is 1310.